The Morgan fingerprint density at radius 1 is 1.32 bits per heavy atom. The van der Waals surface area contributed by atoms with Crippen molar-refractivity contribution >= 4 is 29.2 Å². The summed E-state index contributed by atoms with van der Waals surface area (Å²) < 4.78 is 31.0. The van der Waals surface area contributed by atoms with Crippen molar-refractivity contribution in [1.29, 1.82) is 0 Å². The molecule has 0 radical (unpaired) electrons. The molecule has 0 saturated heterocycles. The first-order chi connectivity index (χ1) is 9.15. The monoisotopic (exact) mass is 281 g/mol. The first-order valence-corrected chi connectivity index (χ1v) is 5.64. The van der Waals surface area contributed by atoms with Gasteiger partial charge in [0.05, 0.1) is 18.2 Å². The number of benzene rings is 1. The van der Waals surface area contributed by atoms with Crippen LogP contribution in [0, 0.1) is 11.6 Å². The van der Waals surface area contributed by atoms with Crippen LogP contribution in [0.5, 0.6) is 0 Å². The SMILES string of the molecule is Fc1ccc(NC(=S)N/N=C/c2ccco2)c(F)c1. The average Bonchev–Trinajstić information content (AvgIpc) is 2.86. The molecule has 0 aliphatic heterocycles. The first-order valence-electron chi connectivity index (χ1n) is 5.24. The van der Waals surface area contributed by atoms with Crippen molar-refractivity contribution in [3.05, 3.63) is 54.0 Å². The normalized spacial score (nSPS) is 10.6. The van der Waals surface area contributed by atoms with E-state index in [1.54, 1.807) is 12.1 Å². The van der Waals surface area contributed by atoms with E-state index >= 15 is 0 Å². The van der Waals surface area contributed by atoms with Crippen LogP contribution in [0.4, 0.5) is 14.5 Å². The van der Waals surface area contributed by atoms with Gasteiger partial charge in [-0.25, -0.2) is 8.78 Å². The molecule has 0 aliphatic rings. The number of rotatable bonds is 3. The number of nitrogens with zero attached hydrogens (tertiary/aromatic N) is 1. The molecule has 0 aliphatic carbocycles. The van der Waals surface area contributed by atoms with Crippen molar-refractivity contribution in [1.82, 2.24) is 5.43 Å². The van der Waals surface area contributed by atoms with E-state index in [1.807, 2.05) is 0 Å². The van der Waals surface area contributed by atoms with E-state index in [4.69, 9.17) is 16.6 Å². The van der Waals surface area contributed by atoms with Crippen molar-refractivity contribution in [3.8, 4) is 0 Å². The van der Waals surface area contributed by atoms with Crippen molar-refractivity contribution < 1.29 is 13.2 Å². The molecular weight excluding hydrogens is 272 g/mol. The molecule has 2 aromatic rings. The lowest BCUT2D eigenvalue weighted by atomic mass is 10.3. The highest BCUT2D eigenvalue weighted by Gasteiger charge is 2.04. The molecule has 4 nitrogen and oxygen atoms in total. The van der Waals surface area contributed by atoms with Crippen molar-refractivity contribution in [2.45, 2.75) is 0 Å². The number of hydrogen-bond acceptors (Lipinski definition) is 3. The number of anilines is 1. The van der Waals surface area contributed by atoms with Gasteiger partial charge in [-0.1, -0.05) is 0 Å². The van der Waals surface area contributed by atoms with Gasteiger partial charge in [-0.05, 0) is 36.5 Å². The zero-order chi connectivity index (χ0) is 13.7. The molecule has 19 heavy (non-hydrogen) atoms. The predicted octanol–water partition coefficient (Wildman–Crippen LogP) is 2.88. The van der Waals surface area contributed by atoms with Gasteiger partial charge >= 0.3 is 0 Å². The van der Waals surface area contributed by atoms with Crippen LogP contribution in [0.25, 0.3) is 0 Å². The van der Waals surface area contributed by atoms with E-state index < -0.39 is 11.6 Å². The molecule has 1 aromatic heterocycles. The Labute approximate surface area is 113 Å². The number of halogens is 2. The lowest BCUT2D eigenvalue weighted by Crippen LogP contribution is -2.24. The fraction of sp³-hybridized carbons (Fsp3) is 0. The maximum absolute atomic E-state index is 13.3. The van der Waals surface area contributed by atoms with E-state index in [9.17, 15) is 8.78 Å². The summed E-state index contributed by atoms with van der Waals surface area (Å²) in [5, 5.41) is 6.42. The smallest absolute Gasteiger partial charge is 0.191 e. The summed E-state index contributed by atoms with van der Waals surface area (Å²) >= 11 is 4.90. The lowest BCUT2D eigenvalue weighted by molar-refractivity contribution is 0.560. The Morgan fingerprint density at radius 2 is 2.16 bits per heavy atom. The molecule has 98 valence electrons. The maximum atomic E-state index is 13.3. The van der Waals surface area contributed by atoms with Crippen LogP contribution in [-0.4, -0.2) is 11.3 Å². The van der Waals surface area contributed by atoms with E-state index in [-0.39, 0.29) is 10.8 Å². The van der Waals surface area contributed by atoms with E-state index in [0.29, 0.717) is 5.76 Å². The van der Waals surface area contributed by atoms with Gasteiger partial charge in [-0.15, -0.1) is 0 Å². The van der Waals surface area contributed by atoms with Crippen LogP contribution in [0.1, 0.15) is 5.76 Å². The highest BCUT2D eigenvalue weighted by Crippen LogP contribution is 2.14. The Kier molecular flexibility index (Phi) is 4.19. The summed E-state index contributed by atoms with van der Waals surface area (Å²) in [5.74, 6) is -0.847. The molecule has 2 N–H and O–H groups in total. The molecule has 1 aromatic carbocycles. The second-order valence-electron chi connectivity index (χ2n) is 3.46. The maximum Gasteiger partial charge on any atom is 0.191 e. The van der Waals surface area contributed by atoms with Gasteiger partial charge in [0.25, 0.3) is 0 Å². The summed E-state index contributed by atoms with van der Waals surface area (Å²) in [6, 6.07) is 6.55. The van der Waals surface area contributed by atoms with Gasteiger partial charge in [0.2, 0.25) is 0 Å². The lowest BCUT2D eigenvalue weighted by Gasteiger charge is -2.07. The van der Waals surface area contributed by atoms with Crippen LogP contribution in [0.3, 0.4) is 0 Å². The highest BCUT2D eigenvalue weighted by atomic mass is 32.1. The molecule has 2 rings (SSSR count). The Balaban J connectivity index is 1.91. The molecule has 0 unspecified atom stereocenters. The average molecular weight is 281 g/mol. The van der Waals surface area contributed by atoms with E-state index in [0.717, 1.165) is 12.1 Å². The fourth-order valence-corrected chi connectivity index (χ4v) is 1.42. The number of furan rings is 1. The second kappa shape index (κ2) is 6.05. The Morgan fingerprint density at radius 3 is 2.84 bits per heavy atom. The van der Waals surface area contributed by atoms with Gasteiger partial charge < -0.3 is 9.73 Å². The minimum absolute atomic E-state index is 0.0621. The standard InChI is InChI=1S/C12H9F2N3OS/c13-8-3-4-11(10(14)6-8)16-12(19)17-15-7-9-2-1-5-18-9/h1-7H,(H2,16,17,19)/b15-7+. The summed E-state index contributed by atoms with van der Waals surface area (Å²) in [7, 11) is 0. The fourth-order valence-electron chi connectivity index (χ4n) is 1.26. The zero-order valence-corrected chi connectivity index (χ0v) is 10.4. The van der Waals surface area contributed by atoms with Gasteiger partial charge in [-0.2, -0.15) is 5.10 Å². The molecule has 0 spiro atoms. The number of nitrogens with one attached hydrogen (secondary N) is 2. The third kappa shape index (κ3) is 3.85. The number of hydrazone groups is 1. The highest BCUT2D eigenvalue weighted by molar-refractivity contribution is 7.80. The molecular formula is C12H9F2N3OS. The molecule has 1 heterocycles. The Hall–Kier alpha value is -2.28. The number of thiocarbonyl (C=S) groups is 1. The third-order valence-electron chi connectivity index (χ3n) is 2.08. The largest absolute Gasteiger partial charge is 0.463 e. The zero-order valence-electron chi connectivity index (χ0n) is 9.56. The van der Waals surface area contributed by atoms with Crippen LogP contribution in [-0.2, 0) is 0 Å². The Bertz CT molecular complexity index is 599. The molecule has 0 amide bonds. The van der Waals surface area contributed by atoms with Crippen LogP contribution in [0.2, 0.25) is 0 Å². The summed E-state index contributed by atoms with van der Waals surface area (Å²) in [4.78, 5) is 0. The quantitative estimate of drug-likeness (QED) is 0.516. The van der Waals surface area contributed by atoms with Crippen molar-refractivity contribution in [3.63, 3.8) is 0 Å². The van der Waals surface area contributed by atoms with Crippen LogP contribution >= 0.6 is 12.2 Å². The molecule has 0 bridgehead atoms. The van der Waals surface area contributed by atoms with Gasteiger partial charge in [0.1, 0.15) is 17.4 Å². The van der Waals surface area contributed by atoms with Gasteiger partial charge in [0, 0.05) is 6.07 Å². The number of hydrogen-bond donors (Lipinski definition) is 2. The van der Waals surface area contributed by atoms with Crippen LogP contribution in [0.15, 0.2) is 46.1 Å². The molecule has 0 saturated carbocycles. The van der Waals surface area contributed by atoms with Crippen molar-refractivity contribution in [2.24, 2.45) is 5.10 Å². The first kappa shape index (κ1) is 13.2. The minimum Gasteiger partial charge on any atom is -0.463 e. The second-order valence-corrected chi connectivity index (χ2v) is 3.87. The summed E-state index contributed by atoms with van der Waals surface area (Å²) in [6.45, 7) is 0. The van der Waals surface area contributed by atoms with Crippen LogP contribution < -0.4 is 10.7 Å². The summed E-state index contributed by atoms with van der Waals surface area (Å²) in [6.07, 6.45) is 2.92. The van der Waals surface area contributed by atoms with E-state index in [2.05, 4.69) is 15.8 Å². The van der Waals surface area contributed by atoms with Gasteiger partial charge in [0.15, 0.2) is 5.11 Å². The molecule has 7 heteroatoms. The van der Waals surface area contributed by atoms with Crippen molar-refractivity contribution in [2.75, 3.05) is 5.32 Å². The predicted molar refractivity (Wildman–Crippen MR) is 72.0 cm³/mol. The minimum atomic E-state index is -0.737. The third-order valence-corrected chi connectivity index (χ3v) is 2.27. The molecule has 0 atom stereocenters. The van der Waals surface area contributed by atoms with Gasteiger partial charge in [-0.3, -0.25) is 5.43 Å². The topological polar surface area (TPSA) is 49.6 Å². The molecule has 0 fully saturated rings. The van der Waals surface area contributed by atoms with E-state index in [1.165, 1.54) is 18.5 Å². The summed E-state index contributed by atoms with van der Waals surface area (Å²) in [5.41, 5.74) is 2.54.